The number of anilines is 1. The summed E-state index contributed by atoms with van der Waals surface area (Å²) in [5, 5.41) is 2.89. The minimum absolute atomic E-state index is 0.0745. The summed E-state index contributed by atoms with van der Waals surface area (Å²) in [6.45, 7) is 0.365. The number of sulfonamides is 1. The number of nitrogens with one attached hydrogen (secondary N) is 1. The normalized spacial score (nSPS) is 14.9. The second-order valence-corrected chi connectivity index (χ2v) is 13.9. The molecule has 242 valence electrons. The number of hydrogen-bond donors (Lipinski definition) is 1. The number of halogens is 6. The van der Waals surface area contributed by atoms with Crippen molar-refractivity contribution >= 4 is 62.3 Å². The summed E-state index contributed by atoms with van der Waals surface area (Å²) in [4.78, 5) is 28.4. The van der Waals surface area contributed by atoms with Gasteiger partial charge >= 0.3 is 6.18 Å². The highest BCUT2D eigenvalue weighted by Gasteiger charge is 2.37. The number of alkyl halides is 3. The molecule has 0 saturated heterocycles. The van der Waals surface area contributed by atoms with Crippen molar-refractivity contribution in [1.29, 1.82) is 0 Å². The fraction of sp³-hybridized carbons (Fsp3) is 0.355. The largest absolute Gasteiger partial charge is 0.417 e. The lowest BCUT2D eigenvalue weighted by Gasteiger charge is -2.33. The first-order valence-electron chi connectivity index (χ1n) is 14.2. The van der Waals surface area contributed by atoms with Crippen molar-refractivity contribution in [2.24, 2.45) is 0 Å². The van der Waals surface area contributed by atoms with Gasteiger partial charge in [0.2, 0.25) is 11.8 Å². The molecule has 1 saturated carbocycles. The van der Waals surface area contributed by atoms with E-state index >= 15 is 0 Å². The Hall–Kier alpha value is -2.99. The van der Waals surface area contributed by atoms with E-state index in [1.807, 2.05) is 0 Å². The summed E-state index contributed by atoms with van der Waals surface area (Å²) in [6.07, 6.45) is -0.352. The standard InChI is InChI=1S/C31H31Cl3F3N3O4S/c1-20(30(42)38-23-8-4-2-5-9-23)39(18-21-12-13-22(32)16-28(21)34)29(41)19-40(45(43,44)25-10-6-3-7-11-25)24-14-15-27(33)26(17-24)31(35,36)37/h3,6-7,10-17,20,23H,2,4-5,8-9,18-19H2,1H3,(H,38,42)/t20-/m0/s1. The summed E-state index contributed by atoms with van der Waals surface area (Å²) in [7, 11) is -4.58. The Balaban J connectivity index is 1.75. The summed E-state index contributed by atoms with van der Waals surface area (Å²) >= 11 is 18.3. The van der Waals surface area contributed by atoms with Crippen LogP contribution in [0.25, 0.3) is 0 Å². The summed E-state index contributed by atoms with van der Waals surface area (Å²) in [5.41, 5.74) is -1.28. The molecule has 0 heterocycles. The first-order valence-corrected chi connectivity index (χ1v) is 16.7. The molecular weight excluding hydrogens is 674 g/mol. The molecule has 0 aliphatic heterocycles. The van der Waals surface area contributed by atoms with E-state index in [1.165, 1.54) is 37.3 Å². The van der Waals surface area contributed by atoms with Crippen molar-refractivity contribution in [3.8, 4) is 0 Å². The van der Waals surface area contributed by atoms with Gasteiger partial charge in [-0.2, -0.15) is 13.2 Å². The molecule has 1 aliphatic rings. The average molecular weight is 705 g/mol. The van der Waals surface area contributed by atoms with Gasteiger partial charge in [0.1, 0.15) is 12.6 Å². The van der Waals surface area contributed by atoms with Gasteiger partial charge in [-0.25, -0.2) is 8.42 Å². The number of benzene rings is 3. The molecule has 0 radical (unpaired) electrons. The third-order valence-corrected chi connectivity index (χ3v) is 10.3. The maximum atomic E-state index is 14.1. The van der Waals surface area contributed by atoms with Crippen LogP contribution in [0.5, 0.6) is 0 Å². The van der Waals surface area contributed by atoms with Gasteiger partial charge in [0.05, 0.1) is 21.2 Å². The summed E-state index contributed by atoms with van der Waals surface area (Å²) in [6, 6.07) is 13.0. The van der Waals surface area contributed by atoms with Gasteiger partial charge in [0.15, 0.2) is 0 Å². The predicted molar refractivity (Wildman–Crippen MR) is 169 cm³/mol. The molecule has 3 aromatic rings. The Morgan fingerprint density at radius 3 is 2.22 bits per heavy atom. The Morgan fingerprint density at radius 1 is 0.933 bits per heavy atom. The number of nitrogens with zero attached hydrogens (tertiary/aromatic N) is 2. The van der Waals surface area contributed by atoms with Gasteiger partial charge < -0.3 is 10.2 Å². The van der Waals surface area contributed by atoms with Crippen molar-refractivity contribution in [1.82, 2.24) is 10.2 Å². The number of carbonyl (C=O) groups excluding carboxylic acids is 2. The molecule has 1 atom stereocenters. The molecular formula is C31H31Cl3F3N3O4S. The van der Waals surface area contributed by atoms with Gasteiger partial charge in [0.25, 0.3) is 10.0 Å². The molecule has 0 spiro atoms. The first kappa shape index (κ1) is 34.9. The fourth-order valence-corrected chi connectivity index (χ4v) is 7.24. The van der Waals surface area contributed by atoms with E-state index in [4.69, 9.17) is 34.8 Å². The minimum atomic E-state index is -4.90. The molecule has 1 aliphatic carbocycles. The average Bonchev–Trinajstić information content (AvgIpc) is 2.99. The number of amides is 2. The zero-order valence-corrected chi connectivity index (χ0v) is 27.2. The summed E-state index contributed by atoms with van der Waals surface area (Å²) < 4.78 is 69.8. The van der Waals surface area contributed by atoms with E-state index in [9.17, 15) is 31.2 Å². The van der Waals surface area contributed by atoms with Crippen LogP contribution >= 0.6 is 34.8 Å². The second-order valence-electron chi connectivity index (χ2n) is 10.8. The second kappa shape index (κ2) is 14.6. The van der Waals surface area contributed by atoms with Crippen LogP contribution < -0.4 is 9.62 Å². The molecule has 1 fully saturated rings. The van der Waals surface area contributed by atoms with Gasteiger partial charge in [-0.15, -0.1) is 0 Å². The number of carbonyl (C=O) groups is 2. The van der Waals surface area contributed by atoms with E-state index in [-0.39, 0.29) is 22.5 Å². The van der Waals surface area contributed by atoms with Crippen molar-refractivity contribution in [3.63, 3.8) is 0 Å². The zero-order valence-electron chi connectivity index (χ0n) is 24.2. The topological polar surface area (TPSA) is 86.8 Å². The fourth-order valence-electron chi connectivity index (χ4n) is 5.12. The molecule has 0 unspecified atom stereocenters. The lowest BCUT2D eigenvalue weighted by molar-refractivity contribution is -0.139. The highest BCUT2D eigenvalue weighted by Crippen LogP contribution is 2.38. The van der Waals surface area contributed by atoms with Crippen LogP contribution in [0.4, 0.5) is 18.9 Å². The lowest BCUT2D eigenvalue weighted by Crippen LogP contribution is -2.53. The molecule has 14 heteroatoms. The van der Waals surface area contributed by atoms with Crippen molar-refractivity contribution < 1.29 is 31.2 Å². The number of hydrogen-bond acceptors (Lipinski definition) is 4. The quantitative estimate of drug-likeness (QED) is 0.234. The molecule has 0 aromatic heterocycles. The minimum Gasteiger partial charge on any atom is -0.352 e. The van der Waals surface area contributed by atoms with Crippen LogP contribution in [0.3, 0.4) is 0 Å². The third-order valence-electron chi connectivity index (χ3n) is 7.63. The summed E-state index contributed by atoms with van der Waals surface area (Å²) in [5.74, 6) is -1.31. The van der Waals surface area contributed by atoms with Crippen LogP contribution in [0, 0.1) is 0 Å². The SMILES string of the molecule is C[C@@H](C(=O)NC1CCCCC1)N(Cc1ccc(Cl)cc1Cl)C(=O)CN(c1ccc(Cl)c(C(F)(F)F)c1)S(=O)(=O)c1ccccc1. The Kier molecular flexibility index (Phi) is 11.3. The van der Waals surface area contributed by atoms with Gasteiger partial charge in [-0.05, 0) is 67.8 Å². The maximum absolute atomic E-state index is 14.1. The van der Waals surface area contributed by atoms with E-state index in [2.05, 4.69) is 5.32 Å². The van der Waals surface area contributed by atoms with Crippen molar-refractivity contribution in [3.05, 3.63) is 92.9 Å². The van der Waals surface area contributed by atoms with E-state index in [0.717, 1.165) is 49.1 Å². The van der Waals surface area contributed by atoms with Crippen LogP contribution in [0.15, 0.2) is 71.6 Å². The third kappa shape index (κ3) is 8.64. The van der Waals surface area contributed by atoms with Crippen LogP contribution in [0.1, 0.15) is 50.2 Å². The van der Waals surface area contributed by atoms with Crippen LogP contribution in [0.2, 0.25) is 15.1 Å². The van der Waals surface area contributed by atoms with Crippen LogP contribution in [-0.4, -0.2) is 43.8 Å². The smallest absolute Gasteiger partial charge is 0.352 e. The Labute approximate surface area is 275 Å². The highest BCUT2D eigenvalue weighted by atomic mass is 35.5. The Morgan fingerprint density at radius 2 is 1.60 bits per heavy atom. The molecule has 0 bridgehead atoms. The molecule has 4 rings (SSSR count). The zero-order chi connectivity index (χ0) is 32.9. The Bertz CT molecular complexity index is 1640. The van der Waals surface area contributed by atoms with Crippen LogP contribution in [-0.2, 0) is 32.3 Å². The number of rotatable bonds is 10. The molecule has 1 N–H and O–H groups in total. The predicted octanol–water partition coefficient (Wildman–Crippen LogP) is 7.73. The van der Waals surface area contributed by atoms with Gasteiger partial charge in [0, 0.05) is 22.6 Å². The lowest BCUT2D eigenvalue weighted by atomic mass is 9.95. The van der Waals surface area contributed by atoms with Crippen molar-refractivity contribution in [2.75, 3.05) is 10.8 Å². The molecule has 45 heavy (non-hydrogen) atoms. The molecule has 2 amide bonds. The van der Waals surface area contributed by atoms with E-state index in [1.54, 1.807) is 18.2 Å². The van der Waals surface area contributed by atoms with E-state index < -0.39 is 56.9 Å². The maximum Gasteiger partial charge on any atom is 0.417 e. The highest BCUT2D eigenvalue weighted by molar-refractivity contribution is 7.92. The van der Waals surface area contributed by atoms with E-state index in [0.29, 0.717) is 21.0 Å². The van der Waals surface area contributed by atoms with Crippen molar-refractivity contribution in [2.45, 2.75) is 68.7 Å². The molecule has 7 nitrogen and oxygen atoms in total. The van der Waals surface area contributed by atoms with Gasteiger partial charge in [-0.1, -0.05) is 78.3 Å². The first-order chi connectivity index (χ1) is 21.2. The molecule has 3 aromatic carbocycles. The van der Waals surface area contributed by atoms with Gasteiger partial charge in [-0.3, -0.25) is 13.9 Å². The monoisotopic (exact) mass is 703 g/mol.